The molecule has 172 valence electrons. The van der Waals surface area contributed by atoms with E-state index in [1.807, 2.05) is 60.7 Å². The van der Waals surface area contributed by atoms with E-state index >= 15 is 0 Å². The molecule has 1 N–H and O–H groups in total. The summed E-state index contributed by atoms with van der Waals surface area (Å²) in [5.74, 6) is -0.258. The maximum absolute atomic E-state index is 13.6. The minimum atomic E-state index is -1.17. The van der Waals surface area contributed by atoms with Crippen LogP contribution in [0.3, 0.4) is 0 Å². The second-order valence-electron chi connectivity index (χ2n) is 7.81. The van der Waals surface area contributed by atoms with E-state index in [1.165, 1.54) is 17.0 Å². The van der Waals surface area contributed by atoms with E-state index in [2.05, 4.69) is 15.9 Å². The quantitative estimate of drug-likeness (QED) is 0.263. The summed E-state index contributed by atoms with van der Waals surface area (Å²) in [6.07, 6.45) is 3.45. The first-order valence-electron chi connectivity index (χ1n) is 10.6. The van der Waals surface area contributed by atoms with Gasteiger partial charge in [-0.25, -0.2) is 4.79 Å². The van der Waals surface area contributed by atoms with Crippen LogP contribution in [0.25, 0.3) is 23.1 Å². The van der Waals surface area contributed by atoms with Crippen molar-refractivity contribution in [1.82, 2.24) is 0 Å². The van der Waals surface area contributed by atoms with Gasteiger partial charge < -0.3 is 9.52 Å². The smallest absolute Gasteiger partial charge is 0.337 e. The van der Waals surface area contributed by atoms with Crippen molar-refractivity contribution < 1.29 is 19.1 Å². The van der Waals surface area contributed by atoms with Crippen LogP contribution in [0.1, 0.15) is 21.7 Å². The normalized spacial score (nSPS) is 14.5. The Kier molecular flexibility index (Phi) is 6.16. The molecule has 1 aliphatic rings. The lowest BCUT2D eigenvalue weighted by Gasteiger charge is -2.21. The molecule has 0 saturated heterocycles. The molecule has 0 bridgehead atoms. The molecular formula is C28H17BrClNO4. The predicted octanol–water partition coefficient (Wildman–Crippen LogP) is 7.53. The molecule has 1 aromatic heterocycles. The molecule has 0 atom stereocenters. The highest BCUT2D eigenvalue weighted by molar-refractivity contribution is 9.10. The number of rotatable bonds is 5. The molecule has 2 heterocycles. The van der Waals surface area contributed by atoms with Gasteiger partial charge in [-0.3, -0.25) is 9.69 Å². The Morgan fingerprint density at radius 3 is 2.40 bits per heavy atom. The third kappa shape index (κ3) is 4.58. The zero-order valence-corrected chi connectivity index (χ0v) is 20.5. The van der Waals surface area contributed by atoms with Crippen molar-refractivity contribution in [3.8, 4) is 11.3 Å². The van der Waals surface area contributed by atoms with Crippen molar-refractivity contribution in [1.29, 1.82) is 0 Å². The highest BCUT2D eigenvalue weighted by Gasteiger charge is 2.31. The first kappa shape index (κ1) is 22.9. The molecule has 0 saturated carbocycles. The maximum atomic E-state index is 13.6. The lowest BCUT2D eigenvalue weighted by molar-refractivity contribution is -0.113. The number of carboxylic acid groups (broad SMARTS) is 1. The van der Waals surface area contributed by atoms with Gasteiger partial charge >= 0.3 is 5.97 Å². The summed E-state index contributed by atoms with van der Waals surface area (Å²) in [5.41, 5.74) is 3.09. The topological polar surface area (TPSA) is 70.8 Å². The monoisotopic (exact) mass is 545 g/mol. The van der Waals surface area contributed by atoms with Gasteiger partial charge in [-0.05, 0) is 60.2 Å². The Bertz CT molecular complexity index is 1500. The third-order valence-electron chi connectivity index (χ3n) is 5.54. The molecular weight excluding hydrogens is 530 g/mol. The van der Waals surface area contributed by atoms with Gasteiger partial charge in [-0.1, -0.05) is 70.0 Å². The van der Waals surface area contributed by atoms with Crippen LogP contribution in [0.5, 0.6) is 0 Å². The first-order chi connectivity index (χ1) is 16.9. The van der Waals surface area contributed by atoms with Gasteiger partial charge in [-0.2, -0.15) is 0 Å². The van der Waals surface area contributed by atoms with Crippen LogP contribution >= 0.6 is 27.5 Å². The molecule has 0 aliphatic carbocycles. The van der Waals surface area contributed by atoms with Gasteiger partial charge in [-0.15, -0.1) is 0 Å². The summed E-state index contributed by atoms with van der Waals surface area (Å²) < 4.78 is 6.95. The van der Waals surface area contributed by atoms with Gasteiger partial charge in [0.05, 0.1) is 22.0 Å². The number of halogens is 2. The molecule has 3 aromatic carbocycles. The predicted molar refractivity (Wildman–Crippen MR) is 140 cm³/mol. The molecule has 1 aliphatic heterocycles. The number of carbonyl (C=O) groups is 2. The van der Waals surface area contributed by atoms with Crippen molar-refractivity contribution >= 4 is 56.9 Å². The summed E-state index contributed by atoms with van der Waals surface area (Å²) in [7, 11) is 0. The molecule has 35 heavy (non-hydrogen) atoms. The fourth-order valence-corrected chi connectivity index (χ4v) is 4.33. The van der Waals surface area contributed by atoms with Crippen molar-refractivity contribution in [2.45, 2.75) is 0 Å². The number of furan rings is 1. The van der Waals surface area contributed by atoms with Gasteiger partial charge in [0.1, 0.15) is 11.5 Å². The van der Waals surface area contributed by atoms with Crippen LogP contribution in [-0.4, -0.2) is 17.0 Å². The van der Waals surface area contributed by atoms with E-state index in [9.17, 15) is 14.7 Å². The van der Waals surface area contributed by atoms with E-state index in [0.29, 0.717) is 28.5 Å². The van der Waals surface area contributed by atoms with Crippen LogP contribution in [0.15, 0.2) is 105 Å². The highest BCUT2D eigenvalue weighted by atomic mass is 79.9. The van der Waals surface area contributed by atoms with Crippen LogP contribution in [0.2, 0.25) is 5.02 Å². The lowest BCUT2D eigenvalue weighted by Crippen LogP contribution is -2.25. The lowest BCUT2D eigenvalue weighted by atomic mass is 10.1. The summed E-state index contributed by atoms with van der Waals surface area (Å²) in [6, 6.07) is 25.3. The SMILES string of the molecule is O=C(O)c1cc(N2C(=O)C(=Cc3ccc(-c4ccc(Br)cc4)o3)C=C2c2ccccc2)ccc1Cl. The number of nitrogens with zero attached hydrogens (tertiary/aromatic N) is 1. The Morgan fingerprint density at radius 1 is 0.943 bits per heavy atom. The molecule has 0 spiro atoms. The van der Waals surface area contributed by atoms with Crippen molar-refractivity contribution in [3.63, 3.8) is 0 Å². The van der Waals surface area contributed by atoms with Gasteiger partial charge in [0.2, 0.25) is 0 Å². The fourth-order valence-electron chi connectivity index (χ4n) is 3.86. The number of carboxylic acids is 1. The molecule has 5 rings (SSSR count). The molecule has 5 nitrogen and oxygen atoms in total. The number of carbonyl (C=O) groups excluding carboxylic acids is 1. The van der Waals surface area contributed by atoms with Gasteiger partial charge in [0.25, 0.3) is 5.91 Å². The average molecular weight is 547 g/mol. The second-order valence-corrected chi connectivity index (χ2v) is 9.14. The molecule has 1 amide bonds. The van der Waals surface area contributed by atoms with Crippen molar-refractivity contribution in [3.05, 3.63) is 123 Å². The van der Waals surface area contributed by atoms with Gasteiger partial charge in [0, 0.05) is 15.6 Å². The average Bonchev–Trinajstić information content (AvgIpc) is 3.45. The van der Waals surface area contributed by atoms with Crippen molar-refractivity contribution in [2.75, 3.05) is 4.90 Å². The summed E-state index contributed by atoms with van der Waals surface area (Å²) in [4.78, 5) is 26.7. The van der Waals surface area contributed by atoms with E-state index < -0.39 is 5.97 Å². The van der Waals surface area contributed by atoms with E-state index in [-0.39, 0.29) is 16.5 Å². The Morgan fingerprint density at radius 2 is 1.69 bits per heavy atom. The summed E-state index contributed by atoms with van der Waals surface area (Å²) in [5, 5.41) is 9.61. The minimum Gasteiger partial charge on any atom is -0.478 e. The van der Waals surface area contributed by atoms with E-state index in [1.54, 1.807) is 24.3 Å². The molecule has 0 radical (unpaired) electrons. The largest absolute Gasteiger partial charge is 0.478 e. The molecule has 4 aromatic rings. The van der Waals surface area contributed by atoms with Crippen LogP contribution in [0, 0.1) is 0 Å². The standard InChI is InChI=1S/C28H17BrClNO4/c29-20-8-6-18(7-9-20)26-13-11-22(35-26)14-19-15-25(17-4-2-1-3-5-17)31(27(19)32)21-10-12-24(30)23(16-21)28(33)34/h1-16H,(H,33,34). The molecule has 0 fully saturated rings. The number of benzene rings is 3. The van der Waals surface area contributed by atoms with Crippen LogP contribution < -0.4 is 4.90 Å². The third-order valence-corrected chi connectivity index (χ3v) is 6.40. The zero-order valence-electron chi connectivity index (χ0n) is 18.1. The zero-order chi connectivity index (χ0) is 24.5. The van der Waals surface area contributed by atoms with Crippen molar-refractivity contribution in [2.24, 2.45) is 0 Å². The molecule has 0 unspecified atom stereocenters. The maximum Gasteiger partial charge on any atom is 0.337 e. The van der Waals surface area contributed by atoms with Gasteiger partial charge in [0.15, 0.2) is 0 Å². The number of hydrogen-bond acceptors (Lipinski definition) is 3. The number of hydrogen-bond donors (Lipinski definition) is 1. The number of anilines is 1. The van der Waals surface area contributed by atoms with E-state index in [0.717, 1.165) is 15.6 Å². The van der Waals surface area contributed by atoms with E-state index in [4.69, 9.17) is 16.0 Å². The Hall–Kier alpha value is -3.87. The number of aromatic carboxylic acids is 1. The first-order valence-corrected chi connectivity index (χ1v) is 11.8. The molecule has 7 heteroatoms. The second kappa shape index (κ2) is 9.41. The van der Waals surface area contributed by atoms with Crippen LogP contribution in [0.4, 0.5) is 5.69 Å². The minimum absolute atomic E-state index is 0.0769. The Labute approximate surface area is 214 Å². The number of amides is 1. The highest BCUT2D eigenvalue weighted by Crippen LogP contribution is 2.37. The van der Waals surface area contributed by atoms with Crippen LogP contribution in [-0.2, 0) is 4.79 Å². The Balaban J connectivity index is 1.56. The fraction of sp³-hybridized carbons (Fsp3) is 0. The summed E-state index contributed by atoms with van der Waals surface area (Å²) >= 11 is 9.49. The summed E-state index contributed by atoms with van der Waals surface area (Å²) in [6.45, 7) is 0.